The van der Waals surface area contributed by atoms with Gasteiger partial charge in [0.15, 0.2) is 0 Å². The fourth-order valence-electron chi connectivity index (χ4n) is 3.29. The minimum atomic E-state index is 0.0924. The number of likely N-dealkylation sites (tertiary alicyclic amines) is 1. The van der Waals surface area contributed by atoms with Crippen molar-refractivity contribution < 1.29 is 14.3 Å². The number of hydrogen-bond donors (Lipinski definition) is 0. The number of carbonyl (C=O) groups is 1. The lowest BCUT2D eigenvalue weighted by Gasteiger charge is -2.29. The quantitative estimate of drug-likeness (QED) is 0.802. The highest BCUT2D eigenvalue weighted by Gasteiger charge is 2.33. The number of methoxy groups -OCH3 is 2. The van der Waals surface area contributed by atoms with E-state index in [9.17, 15) is 4.79 Å². The standard InChI is InChI=1S/C18H27NO3/c1-5-7-13(2)18(20)19-11-6-8-16(19)15-10-9-14(21-3)12-17(15)22-4/h9-10,12-13,16H,5-8,11H2,1-4H3. The summed E-state index contributed by atoms with van der Waals surface area (Å²) in [5, 5.41) is 0. The highest BCUT2D eigenvalue weighted by Crippen LogP contribution is 2.39. The van der Waals surface area contributed by atoms with Gasteiger partial charge in [-0.2, -0.15) is 0 Å². The van der Waals surface area contributed by atoms with E-state index < -0.39 is 0 Å². The van der Waals surface area contributed by atoms with E-state index in [-0.39, 0.29) is 17.9 Å². The summed E-state index contributed by atoms with van der Waals surface area (Å²) < 4.78 is 10.8. The van der Waals surface area contributed by atoms with Crippen molar-refractivity contribution in [1.29, 1.82) is 0 Å². The Balaban J connectivity index is 2.25. The smallest absolute Gasteiger partial charge is 0.225 e. The molecule has 122 valence electrons. The van der Waals surface area contributed by atoms with Crippen LogP contribution in [0.1, 0.15) is 51.1 Å². The average Bonchev–Trinajstić information content (AvgIpc) is 3.02. The van der Waals surface area contributed by atoms with Crippen molar-refractivity contribution >= 4 is 5.91 Å². The Hall–Kier alpha value is -1.71. The molecule has 0 aliphatic carbocycles. The predicted octanol–water partition coefficient (Wildman–Crippen LogP) is 3.80. The van der Waals surface area contributed by atoms with Gasteiger partial charge < -0.3 is 14.4 Å². The first-order valence-electron chi connectivity index (χ1n) is 8.14. The second-order valence-electron chi connectivity index (χ2n) is 5.99. The molecule has 0 spiro atoms. The van der Waals surface area contributed by atoms with Crippen LogP contribution in [0.2, 0.25) is 0 Å². The molecule has 2 unspecified atom stereocenters. The van der Waals surface area contributed by atoms with Crippen molar-refractivity contribution in [1.82, 2.24) is 4.90 Å². The molecule has 1 aromatic rings. The third kappa shape index (κ3) is 3.37. The summed E-state index contributed by atoms with van der Waals surface area (Å²) in [6.45, 7) is 5.00. The number of amides is 1. The van der Waals surface area contributed by atoms with E-state index in [2.05, 4.69) is 6.92 Å². The highest BCUT2D eigenvalue weighted by molar-refractivity contribution is 5.79. The van der Waals surface area contributed by atoms with Crippen LogP contribution in [0.25, 0.3) is 0 Å². The molecule has 1 aromatic carbocycles. The Morgan fingerprint density at radius 2 is 2.14 bits per heavy atom. The van der Waals surface area contributed by atoms with E-state index in [1.807, 2.05) is 30.0 Å². The summed E-state index contributed by atoms with van der Waals surface area (Å²) in [6, 6.07) is 5.98. The number of nitrogens with zero attached hydrogens (tertiary/aromatic N) is 1. The third-order valence-corrected chi connectivity index (χ3v) is 4.48. The first-order valence-corrected chi connectivity index (χ1v) is 8.14. The van der Waals surface area contributed by atoms with E-state index in [1.54, 1.807) is 14.2 Å². The molecule has 1 amide bonds. The Kier molecular flexibility index (Phi) is 5.69. The van der Waals surface area contributed by atoms with Crippen molar-refractivity contribution in [3.63, 3.8) is 0 Å². The van der Waals surface area contributed by atoms with Crippen LogP contribution < -0.4 is 9.47 Å². The summed E-state index contributed by atoms with van der Waals surface area (Å²) in [7, 11) is 3.31. The summed E-state index contributed by atoms with van der Waals surface area (Å²) in [6.07, 6.45) is 4.02. The molecule has 1 aliphatic heterocycles. The number of benzene rings is 1. The minimum Gasteiger partial charge on any atom is -0.497 e. The van der Waals surface area contributed by atoms with E-state index in [0.29, 0.717) is 0 Å². The van der Waals surface area contributed by atoms with Gasteiger partial charge in [0, 0.05) is 24.1 Å². The van der Waals surface area contributed by atoms with E-state index in [1.165, 1.54) is 0 Å². The molecule has 0 bridgehead atoms. The lowest BCUT2D eigenvalue weighted by atomic mass is 10.00. The van der Waals surface area contributed by atoms with Crippen molar-refractivity contribution in [2.75, 3.05) is 20.8 Å². The number of rotatable bonds is 6. The number of carbonyl (C=O) groups excluding carboxylic acids is 1. The molecule has 1 saturated heterocycles. The first kappa shape index (κ1) is 16.7. The Labute approximate surface area is 133 Å². The molecule has 0 aromatic heterocycles. The SMILES string of the molecule is CCCC(C)C(=O)N1CCCC1c1ccc(OC)cc1OC. The van der Waals surface area contributed by atoms with Crippen LogP contribution in [0.4, 0.5) is 0 Å². The summed E-state index contributed by atoms with van der Waals surface area (Å²) in [5.74, 6) is 1.93. The summed E-state index contributed by atoms with van der Waals surface area (Å²) in [5.41, 5.74) is 1.08. The summed E-state index contributed by atoms with van der Waals surface area (Å²) in [4.78, 5) is 14.7. The van der Waals surface area contributed by atoms with Crippen molar-refractivity contribution in [2.45, 2.75) is 45.6 Å². The maximum absolute atomic E-state index is 12.7. The van der Waals surface area contributed by atoms with Crippen LogP contribution in [-0.2, 0) is 4.79 Å². The van der Waals surface area contributed by atoms with Gasteiger partial charge in [-0.15, -0.1) is 0 Å². The zero-order valence-corrected chi connectivity index (χ0v) is 14.1. The second-order valence-corrected chi connectivity index (χ2v) is 5.99. The molecule has 0 N–H and O–H groups in total. The monoisotopic (exact) mass is 305 g/mol. The minimum absolute atomic E-state index is 0.0924. The Morgan fingerprint density at radius 3 is 2.77 bits per heavy atom. The average molecular weight is 305 g/mol. The number of ether oxygens (including phenoxy) is 2. The van der Waals surface area contributed by atoms with Gasteiger partial charge in [-0.1, -0.05) is 20.3 Å². The molecule has 1 fully saturated rings. The van der Waals surface area contributed by atoms with Crippen molar-refractivity contribution in [3.8, 4) is 11.5 Å². The maximum atomic E-state index is 12.7. The van der Waals surface area contributed by atoms with E-state index in [0.717, 1.165) is 49.3 Å². The maximum Gasteiger partial charge on any atom is 0.225 e. The molecular formula is C18H27NO3. The van der Waals surface area contributed by atoms with Crippen LogP contribution in [0.5, 0.6) is 11.5 Å². The van der Waals surface area contributed by atoms with Crippen LogP contribution in [0, 0.1) is 5.92 Å². The lowest BCUT2D eigenvalue weighted by molar-refractivity contribution is -0.136. The molecule has 2 atom stereocenters. The van der Waals surface area contributed by atoms with Gasteiger partial charge >= 0.3 is 0 Å². The van der Waals surface area contributed by atoms with Gasteiger partial charge in [-0.25, -0.2) is 0 Å². The fourth-order valence-corrected chi connectivity index (χ4v) is 3.29. The normalized spacial score (nSPS) is 19.1. The van der Waals surface area contributed by atoms with Crippen LogP contribution in [0.15, 0.2) is 18.2 Å². The molecule has 4 nitrogen and oxygen atoms in total. The second kappa shape index (κ2) is 7.52. The molecule has 2 rings (SSSR count). The van der Waals surface area contributed by atoms with Gasteiger partial charge in [-0.05, 0) is 31.4 Å². The van der Waals surface area contributed by atoms with Crippen LogP contribution in [-0.4, -0.2) is 31.6 Å². The zero-order valence-electron chi connectivity index (χ0n) is 14.1. The highest BCUT2D eigenvalue weighted by atomic mass is 16.5. The lowest BCUT2D eigenvalue weighted by Crippen LogP contribution is -2.34. The first-order chi connectivity index (χ1) is 10.6. The van der Waals surface area contributed by atoms with Crippen LogP contribution >= 0.6 is 0 Å². The largest absolute Gasteiger partial charge is 0.497 e. The van der Waals surface area contributed by atoms with Gasteiger partial charge in [-0.3, -0.25) is 4.79 Å². The van der Waals surface area contributed by atoms with E-state index in [4.69, 9.17) is 9.47 Å². The fraction of sp³-hybridized carbons (Fsp3) is 0.611. The molecular weight excluding hydrogens is 278 g/mol. The summed E-state index contributed by atoms with van der Waals surface area (Å²) >= 11 is 0. The number of hydrogen-bond acceptors (Lipinski definition) is 3. The Morgan fingerprint density at radius 1 is 1.36 bits per heavy atom. The predicted molar refractivity (Wildman–Crippen MR) is 87.3 cm³/mol. The molecule has 1 aliphatic rings. The van der Waals surface area contributed by atoms with Gasteiger partial charge in [0.2, 0.25) is 5.91 Å². The van der Waals surface area contributed by atoms with Crippen LogP contribution in [0.3, 0.4) is 0 Å². The third-order valence-electron chi connectivity index (χ3n) is 4.48. The molecule has 4 heteroatoms. The molecule has 22 heavy (non-hydrogen) atoms. The van der Waals surface area contributed by atoms with Crippen molar-refractivity contribution in [3.05, 3.63) is 23.8 Å². The van der Waals surface area contributed by atoms with Crippen molar-refractivity contribution in [2.24, 2.45) is 5.92 Å². The topological polar surface area (TPSA) is 38.8 Å². The molecule has 0 radical (unpaired) electrons. The van der Waals surface area contributed by atoms with Gasteiger partial charge in [0.25, 0.3) is 0 Å². The molecule has 1 heterocycles. The van der Waals surface area contributed by atoms with Gasteiger partial charge in [0.1, 0.15) is 11.5 Å². The Bertz CT molecular complexity index is 515. The van der Waals surface area contributed by atoms with E-state index >= 15 is 0 Å². The zero-order chi connectivity index (χ0) is 16.1. The molecule has 0 saturated carbocycles. The van der Waals surface area contributed by atoms with Gasteiger partial charge in [0.05, 0.1) is 20.3 Å².